The van der Waals surface area contributed by atoms with Crippen LogP contribution in [-0.2, 0) is 0 Å². The zero-order valence-electron chi connectivity index (χ0n) is 40.0. The van der Waals surface area contributed by atoms with Gasteiger partial charge in [-0.2, -0.15) is 22.3 Å². The Morgan fingerprint density at radius 1 is 0.406 bits per heavy atom. The van der Waals surface area contributed by atoms with E-state index in [1.165, 1.54) is 22.3 Å². The molecule has 0 bridgehead atoms. The molecule has 0 saturated carbocycles. The first-order valence-electron chi connectivity index (χ1n) is 21.2. The SMILES string of the molecule is CCCC(=[C-]c1ccc(-c2ccc([C-]=C(CCC)C(=[C-][Si](C)(C)C#Cc3ccccc3)c3ccccc3)cc2)cc1)C(=[C-][Si](C)(C)C#Cc1ccccc1)c1ccccc1.[Li+].[Li+].[Li+].[Li+]. The van der Waals surface area contributed by atoms with Crippen LogP contribution < -0.4 is 75.4 Å². The fourth-order valence-corrected chi connectivity index (χ4v) is 9.76. The van der Waals surface area contributed by atoms with Crippen molar-refractivity contribution in [3.05, 3.63) is 238 Å². The number of hydrogen-bond donors (Lipinski definition) is 0. The van der Waals surface area contributed by atoms with E-state index in [1.54, 1.807) is 0 Å². The van der Waals surface area contributed by atoms with Crippen LogP contribution in [0.3, 0.4) is 0 Å². The second-order valence-corrected chi connectivity index (χ2v) is 23.6. The van der Waals surface area contributed by atoms with Crippen molar-refractivity contribution in [2.24, 2.45) is 0 Å². The molecule has 298 valence electrons. The van der Waals surface area contributed by atoms with Gasteiger partial charge in [-0.3, -0.25) is 11.1 Å². The predicted octanol–water partition coefficient (Wildman–Crippen LogP) is 2.58. The molecule has 0 fully saturated rings. The quantitative estimate of drug-likeness (QED) is 0.0728. The van der Waals surface area contributed by atoms with Gasteiger partial charge in [0.25, 0.3) is 0 Å². The molecule has 0 heterocycles. The zero-order valence-corrected chi connectivity index (χ0v) is 42.0. The third-order valence-corrected chi connectivity index (χ3v) is 13.1. The van der Waals surface area contributed by atoms with E-state index in [4.69, 9.17) is 0 Å². The molecule has 0 aromatic heterocycles. The Morgan fingerprint density at radius 3 is 1.00 bits per heavy atom. The summed E-state index contributed by atoms with van der Waals surface area (Å²) in [4.78, 5) is 0. The van der Waals surface area contributed by atoms with Crippen molar-refractivity contribution in [3.8, 4) is 34.1 Å². The first kappa shape index (κ1) is 56.4. The predicted molar refractivity (Wildman–Crippen MR) is 261 cm³/mol. The fourth-order valence-electron chi connectivity index (χ4n) is 6.88. The third-order valence-electron chi connectivity index (χ3n) is 9.88. The van der Waals surface area contributed by atoms with E-state index in [-0.39, 0.29) is 75.4 Å². The number of rotatable bonds is 13. The average Bonchev–Trinajstić information content (AvgIpc) is 3.28. The molecular weight excluding hydrogens is 781 g/mol. The Kier molecular flexibility index (Phi) is 24.9. The van der Waals surface area contributed by atoms with Gasteiger partial charge >= 0.3 is 75.4 Å². The molecule has 0 spiro atoms. The van der Waals surface area contributed by atoms with Crippen molar-refractivity contribution < 1.29 is 75.4 Å². The number of hydrogen-bond acceptors (Lipinski definition) is 0. The molecule has 0 unspecified atom stereocenters. The Balaban J connectivity index is 0.00000352. The van der Waals surface area contributed by atoms with Crippen molar-refractivity contribution >= 4 is 27.3 Å². The van der Waals surface area contributed by atoms with Crippen molar-refractivity contribution in [1.82, 2.24) is 0 Å². The average molecular weight is 835 g/mol. The molecule has 0 amide bonds. The molecule has 0 nitrogen and oxygen atoms in total. The van der Waals surface area contributed by atoms with Gasteiger partial charge < -0.3 is 0 Å². The Labute approximate surface area is 436 Å². The van der Waals surface area contributed by atoms with Crippen molar-refractivity contribution in [3.63, 3.8) is 0 Å². The van der Waals surface area contributed by atoms with Crippen LogP contribution in [0, 0.1) is 46.5 Å². The molecule has 0 aliphatic carbocycles. The second-order valence-electron chi connectivity index (χ2n) is 16.1. The summed E-state index contributed by atoms with van der Waals surface area (Å²) >= 11 is 0. The van der Waals surface area contributed by atoms with Crippen LogP contribution in [0.4, 0.5) is 0 Å². The van der Waals surface area contributed by atoms with Crippen molar-refractivity contribution in [2.75, 3.05) is 0 Å². The summed E-state index contributed by atoms with van der Waals surface area (Å²) in [5.41, 5.74) is 28.6. The zero-order chi connectivity index (χ0) is 42.2. The van der Waals surface area contributed by atoms with Crippen LogP contribution >= 0.6 is 0 Å². The summed E-state index contributed by atoms with van der Waals surface area (Å²) in [6.07, 6.45) is 11.5. The van der Waals surface area contributed by atoms with Crippen molar-refractivity contribution in [1.29, 1.82) is 0 Å². The summed E-state index contributed by atoms with van der Waals surface area (Å²) in [6, 6.07) is 59.3. The maximum atomic E-state index is 3.95. The smallest absolute Gasteiger partial charge is 0.262 e. The summed E-state index contributed by atoms with van der Waals surface area (Å²) in [7, 11) is -4.38. The van der Waals surface area contributed by atoms with Gasteiger partial charge in [0, 0.05) is 11.1 Å². The maximum Gasteiger partial charge on any atom is 1.00 e. The van der Waals surface area contributed by atoms with Gasteiger partial charge in [0.05, 0.1) is 16.1 Å². The maximum absolute atomic E-state index is 3.95. The molecule has 0 N–H and O–H groups in total. The van der Waals surface area contributed by atoms with Gasteiger partial charge in [0.15, 0.2) is 0 Å². The molecule has 6 heteroatoms. The molecule has 0 aliphatic rings. The standard InChI is InChI=1S/C58H54Si2.4Li/c1-7-21-55(57(53-27-17-11-18-28-53)45-59(3,4)41-39-47-23-13-9-14-24-47)43-49-31-35-51(36-32-49)52-37-33-50(34-38-52)44-56(22-8-2)58(54-29-19-12-20-30-54)46-60(5,6)42-40-48-25-15-10-16-26-48;;;;/h9-20,23-38H,7-8,21-22H2,1-6H3;;;;/q-4;4*+1. The Morgan fingerprint density at radius 2 is 0.703 bits per heavy atom. The van der Waals surface area contributed by atoms with E-state index < -0.39 is 16.1 Å². The first-order valence-corrected chi connectivity index (χ1v) is 27.2. The normalized spacial score (nSPS) is 11.8. The Hall–Kier alpha value is -3.78. The minimum Gasteiger partial charge on any atom is -0.262 e. The summed E-state index contributed by atoms with van der Waals surface area (Å²) in [5, 5.41) is 0. The third kappa shape index (κ3) is 17.6. The summed E-state index contributed by atoms with van der Waals surface area (Å²) < 4.78 is 0. The molecule has 64 heavy (non-hydrogen) atoms. The van der Waals surface area contributed by atoms with Gasteiger partial charge in [-0.1, -0.05) is 175 Å². The Bertz CT molecular complexity index is 2390. The van der Waals surface area contributed by atoms with Gasteiger partial charge in [0.2, 0.25) is 0 Å². The second kappa shape index (κ2) is 28.3. The van der Waals surface area contributed by atoms with E-state index >= 15 is 0 Å². The van der Waals surface area contributed by atoms with E-state index in [0.29, 0.717) is 0 Å². The van der Waals surface area contributed by atoms with Gasteiger partial charge in [0.1, 0.15) is 0 Å². The first-order chi connectivity index (χ1) is 29.1. The van der Waals surface area contributed by atoms with Gasteiger partial charge in [-0.15, -0.1) is 59.6 Å². The number of benzene rings is 6. The molecule has 0 aliphatic heterocycles. The molecule has 0 saturated heterocycles. The molecule has 6 aromatic rings. The minimum absolute atomic E-state index is 0. The van der Waals surface area contributed by atoms with Crippen LogP contribution in [0.25, 0.3) is 22.3 Å². The van der Waals surface area contributed by atoms with Crippen LogP contribution in [-0.4, -0.2) is 16.1 Å². The van der Waals surface area contributed by atoms with Gasteiger partial charge in [-0.05, 0) is 35.4 Å². The van der Waals surface area contributed by atoms with Crippen LogP contribution in [0.5, 0.6) is 0 Å². The van der Waals surface area contributed by atoms with E-state index in [1.807, 2.05) is 36.4 Å². The summed E-state index contributed by atoms with van der Waals surface area (Å²) in [6.45, 7) is 13.6. The largest absolute Gasteiger partial charge is 1.00 e. The van der Waals surface area contributed by atoms with Crippen LogP contribution in [0.1, 0.15) is 72.9 Å². The van der Waals surface area contributed by atoms with E-state index in [0.717, 1.165) is 70.2 Å². The minimum atomic E-state index is -2.19. The topological polar surface area (TPSA) is 0 Å². The molecule has 0 radical (unpaired) electrons. The fraction of sp³-hybridized carbons (Fsp3) is 0.172. The van der Waals surface area contributed by atoms with Crippen LogP contribution in [0.15, 0.2) is 181 Å². The van der Waals surface area contributed by atoms with E-state index in [2.05, 4.69) is 220 Å². The molecular formula is C58H54Li4Si2. The van der Waals surface area contributed by atoms with E-state index in [9.17, 15) is 0 Å². The molecule has 0 atom stereocenters. The van der Waals surface area contributed by atoms with Gasteiger partial charge in [-0.25, -0.2) is 34.7 Å². The number of allylic oxidation sites excluding steroid dienone is 4. The molecule has 6 aromatic carbocycles. The van der Waals surface area contributed by atoms with Crippen LogP contribution in [0.2, 0.25) is 26.2 Å². The summed E-state index contributed by atoms with van der Waals surface area (Å²) in [5.74, 6) is 6.85. The van der Waals surface area contributed by atoms with Crippen molar-refractivity contribution in [2.45, 2.75) is 65.7 Å². The molecule has 6 rings (SSSR count). The monoisotopic (exact) mass is 834 g/mol.